The van der Waals surface area contributed by atoms with Gasteiger partial charge in [0.1, 0.15) is 6.20 Å². The van der Waals surface area contributed by atoms with Crippen LogP contribution in [-0.4, -0.2) is 63.4 Å². The van der Waals surface area contributed by atoms with E-state index in [0.717, 1.165) is 13.1 Å². The number of nitrogens with zero attached hydrogens (tertiary/aromatic N) is 4. The van der Waals surface area contributed by atoms with Gasteiger partial charge in [0.25, 0.3) is 0 Å². The number of hydrogen-bond donors (Lipinski definition) is 1. The lowest BCUT2D eigenvalue weighted by atomic mass is 10.3. The number of ether oxygens (including phenoxy) is 1. The highest BCUT2D eigenvalue weighted by Gasteiger charge is 2.17. The third-order valence-corrected chi connectivity index (χ3v) is 2.80. The van der Waals surface area contributed by atoms with Gasteiger partial charge in [0.05, 0.1) is 25.9 Å². The molecule has 0 aliphatic carbocycles. The minimum absolute atomic E-state index is 0.200. The summed E-state index contributed by atoms with van der Waals surface area (Å²) < 4.78 is 6.75. The summed E-state index contributed by atoms with van der Waals surface area (Å²) in [4.78, 5) is 15.7. The Morgan fingerprint density at radius 3 is 2.83 bits per heavy atom. The van der Waals surface area contributed by atoms with Crippen LogP contribution in [0.2, 0.25) is 0 Å². The average Bonchev–Trinajstić information content (AvgIpc) is 2.78. The Hall–Kier alpha value is -1.51. The number of aliphatic hydroxyl groups excluding tert-OH is 1. The molecule has 0 bridgehead atoms. The van der Waals surface area contributed by atoms with Crippen LogP contribution in [-0.2, 0) is 11.3 Å². The summed E-state index contributed by atoms with van der Waals surface area (Å²) in [6, 6.07) is 0. The highest BCUT2D eigenvalue weighted by atomic mass is 16.6. The van der Waals surface area contributed by atoms with Gasteiger partial charge in [-0.2, -0.15) is 0 Å². The number of hydrogen-bond acceptors (Lipinski definition) is 6. The Bertz CT molecular complexity index is 402. The first-order valence-corrected chi connectivity index (χ1v) is 5.79. The molecule has 1 N–H and O–H groups in total. The van der Waals surface area contributed by atoms with E-state index in [2.05, 4.69) is 9.88 Å². The molecule has 0 amide bonds. The van der Waals surface area contributed by atoms with Crippen molar-refractivity contribution in [1.29, 1.82) is 0 Å². The fourth-order valence-corrected chi connectivity index (χ4v) is 1.93. The van der Waals surface area contributed by atoms with E-state index >= 15 is 0 Å². The van der Waals surface area contributed by atoms with Gasteiger partial charge in [-0.25, -0.2) is 0 Å². The van der Waals surface area contributed by atoms with Crippen LogP contribution >= 0.6 is 0 Å². The van der Waals surface area contributed by atoms with E-state index in [-0.39, 0.29) is 5.82 Å². The van der Waals surface area contributed by atoms with Crippen molar-refractivity contribution in [3.05, 3.63) is 22.6 Å². The maximum atomic E-state index is 10.5. The average molecular weight is 256 g/mol. The second-order valence-corrected chi connectivity index (χ2v) is 4.25. The molecule has 0 aromatic carbocycles. The first-order chi connectivity index (χ1) is 8.65. The Morgan fingerprint density at radius 1 is 1.50 bits per heavy atom. The monoisotopic (exact) mass is 256 g/mol. The van der Waals surface area contributed by atoms with Crippen LogP contribution in [0.3, 0.4) is 0 Å². The molecule has 1 fully saturated rings. The van der Waals surface area contributed by atoms with Gasteiger partial charge in [-0.15, -0.1) is 0 Å². The molecular weight excluding hydrogens is 240 g/mol. The molecule has 0 radical (unpaired) electrons. The molecule has 18 heavy (non-hydrogen) atoms. The van der Waals surface area contributed by atoms with Crippen molar-refractivity contribution in [3.63, 3.8) is 0 Å². The molecule has 1 aliphatic rings. The van der Waals surface area contributed by atoms with E-state index < -0.39 is 11.0 Å². The van der Waals surface area contributed by atoms with Gasteiger partial charge in [-0.3, -0.25) is 4.90 Å². The van der Waals surface area contributed by atoms with Crippen LogP contribution in [0.5, 0.6) is 0 Å². The molecule has 1 aromatic rings. The molecule has 2 heterocycles. The van der Waals surface area contributed by atoms with Gasteiger partial charge in [-0.1, -0.05) is 0 Å². The molecule has 1 saturated heterocycles. The van der Waals surface area contributed by atoms with Gasteiger partial charge < -0.3 is 24.5 Å². The lowest BCUT2D eigenvalue weighted by molar-refractivity contribution is -0.389. The molecule has 0 saturated carbocycles. The van der Waals surface area contributed by atoms with Crippen molar-refractivity contribution in [2.75, 3.05) is 32.8 Å². The van der Waals surface area contributed by atoms with Gasteiger partial charge in [0.15, 0.2) is 0 Å². The zero-order valence-corrected chi connectivity index (χ0v) is 9.94. The molecule has 2 rings (SSSR count). The van der Waals surface area contributed by atoms with E-state index in [9.17, 15) is 15.2 Å². The summed E-state index contributed by atoms with van der Waals surface area (Å²) in [5, 5.41) is 20.4. The summed E-state index contributed by atoms with van der Waals surface area (Å²) in [6.07, 6.45) is 2.11. The van der Waals surface area contributed by atoms with Crippen molar-refractivity contribution in [1.82, 2.24) is 14.5 Å². The highest BCUT2D eigenvalue weighted by molar-refractivity contribution is 5.12. The van der Waals surface area contributed by atoms with Crippen molar-refractivity contribution in [3.8, 4) is 0 Å². The standard InChI is InChI=1S/C10H16N4O4/c15-9(5-12-1-3-18-4-2-12)6-13-7-10(11-8-13)14(16)17/h7-9,15H,1-6H2. The lowest BCUT2D eigenvalue weighted by Gasteiger charge is -2.28. The molecular formula is C10H16N4O4. The predicted octanol–water partition coefficient (Wildman–Crippen LogP) is -0.516. The van der Waals surface area contributed by atoms with Gasteiger partial charge in [0, 0.05) is 19.6 Å². The van der Waals surface area contributed by atoms with E-state index in [0.29, 0.717) is 26.3 Å². The summed E-state index contributed by atoms with van der Waals surface area (Å²) in [7, 11) is 0. The van der Waals surface area contributed by atoms with Crippen LogP contribution in [0.15, 0.2) is 12.5 Å². The SMILES string of the molecule is O=[N+]([O-])c1cn(CC(O)CN2CCOCC2)cn1. The predicted molar refractivity (Wildman–Crippen MR) is 62.1 cm³/mol. The number of imidazole rings is 1. The second kappa shape index (κ2) is 5.89. The number of morpholine rings is 1. The number of rotatable bonds is 5. The normalized spacial score (nSPS) is 18.7. The maximum absolute atomic E-state index is 10.5. The number of β-amino-alcohol motifs (C(OH)–C–C–N with tert-alkyl or cyclic N) is 1. The molecule has 100 valence electrons. The van der Waals surface area contributed by atoms with Crippen molar-refractivity contribution in [2.24, 2.45) is 0 Å². The third kappa shape index (κ3) is 3.49. The van der Waals surface area contributed by atoms with Crippen LogP contribution in [0.1, 0.15) is 0 Å². The molecule has 1 aromatic heterocycles. The zero-order chi connectivity index (χ0) is 13.0. The summed E-state index contributed by atoms with van der Waals surface area (Å²) in [5.74, 6) is -0.200. The van der Waals surface area contributed by atoms with Crippen molar-refractivity contribution in [2.45, 2.75) is 12.6 Å². The largest absolute Gasteiger partial charge is 0.390 e. The highest BCUT2D eigenvalue weighted by Crippen LogP contribution is 2.07. The summed E-state index contributed by atoms with van der Waals surface area (Å²) >= 11 is 0. The van der Waals surface area contributed by atoms with Crippen molar-refractivity contribution < 1.29 is 14.8 Å². The van der Waals surface area contributed by atoms with E-state index in [1.165, 1.54) is 17.1 Å². The number of aromatic nitrogens is 2. The first kappa shape index (κ1) is 12.9. The maximum Gasteiger partial charge on any atom is 0.381 e. The van der Waals surface area contributed by atoms with E-state index in [1.807, 2.05) is 0 Å². The molecule has 8 nitrogen and oxygen atoms in total. The third-order valence-electron chi connectivity index (χ3n) is 2.80. The van der Waals surface area contributed by atoms with Gasteiger partial charge in [0.2, 0.25) is 6.33 Å². The van der Waals surface area contributed by atoms with Crippen LogP contribution in [0, 0.1) is 10.1 Å². The fourth-order valence-electron chi connectivity index (χ4n) is 1.93. The minimum Gasteiger partial charge on any atom is -0.390 e. The van der Waals surface area contributed by atoms with Crippen LogP contribution < -0.4 is 0 Å². The van der Waals surface area contributed by atoms with Crippen LogP contribution in [0.25, 0.3) is 0 Å². The Balaban J connectivity index is 1.82. The van der Waals surface area contributed by atoms with Crippen molar-refractivity contribution >= 4 is 5.82 Å². The molecule has 8 heteroatoms. The fraction of sp³-hybridized carbons (Fsp3) is 0.700. The summed E-state index contributed by atoms with van der Waals surface area (Å²) in [5.41, 5.74) is 0. The van der Waals surface area contributed by atoms with E-state index in [4.69, 9.17) is 4.74 Å². The Kier molecular flexibility index (Phi) is 4.24. The number of aliphatic hydroxyl groups is 1. The number of nitro groups is 1. The molecule has 0 spiro atoms. The van der Waals surface area contributed by atoms with Gasteiger partial charge >= 0.3 is 5.82 Å². The molecule has 1 unspecified atom stereocenters. The molecule has 1 aliphatic heterocycles. The second-order valence-electron chi connectivity index (χ2n) is 4.25. The first-order valence-electron chi connectivity index (χ1n) is 5.79. The van der Waals surface area contributed by atoms with E-state index in [1.54, 1.807) is 0 Å². The Morgan fingerprint density at radius 2 is 2.22 bits per heavy atom. The summed E-state index contributed by atoms with van der Waals surface area (Å²) in [6.45, 7) is 3.82. The quantitative estimate of drug-likeness (QED) is 0.563. The minimum atomic E-state index is -0.572. The lowest BCUT2D eigenvalue weighted by Crippen LogP contribution is -2.41. The van der Waals surface area contributed by atoms with Crippen LogP contribution in [0.4, 0.5) is 5.82 Å². The topological polar surface area (TPSA) is 93.7 Å². The van der Waals surface area contributed by atoms with Gasteiger partial charge in [-0.05, 0) is 9.91 Å². The molecule has 1 atom stereocenters. The zero-order valence-electron chi connectivity index (χ0n) is 9.94. The Labute approximate surface area is 104 Å². The smallest absolute Gasteiger partial charge is 0.381 e.